The Kier molecular flexibility index (Phi) is 71.4. The summed E-state index contributed by atoms with van der Waals surface area (Å²) in [6, 6.07) is -0.630. The minimum atomic E-state index is -0.847. The Morgan fingerprint density at radius 3 is 0.855 bits per heavy atom. The molecule has 83 heavy (non-hydrogen) atoms. The summed E-state index contributed by atoms with van der Waals surface area (Å²) >= 11 is 0. The summed E-state index contributed by atoms with van der Waals surface area (Å²) in [4.78, 5) is 24.7. The molecule has 1 amide bonds. The van der Waals surface area contributed by atoms with E-state index in [2.05, 4.69) is 31.3 Å². The van der Waals surface area contributed by atoms with Crippen LogP contribution in [0.1, 0.15) is 431 Å². The minimum absolute atomic E-state index is 0.0194. The van der Waals surface area contributed by atoms with Gasteiger partial charge in [-0.3, -0.25) is 9.59 Å². The number of allylic oxidation sites excluding steroid dienone is 3. The van der Waals surface area contributed by atoms with Crippen LogP contribution < -0.4 is 5.32 Å². The zero-order chi connectivity index (χ0) is 59.9. The Morgan fingerprint density at radius 2 is 0.566 bits per heavy atom. The van der Waals surface area contributed by atoms with Crippen LogP contribution in [0.3, 0.4) is 0 Å². The van der Waals surface area contributed by atoms with E-state index < -0.39 is 12.1 Å². The third kappa shape index (κ3) is 69.3. The molecular weight excluding hydrogens is 1020 g/mol. The van der Waals surface area contributed by atoms with Gasteiger partial charge >= 0.3 is 5.97 Å². The molecule has 0 aromatic carbocycles. The summed E-state index contributed by atoms with van der Waals surface area (Å²) in [7, 11) is 0. The molecule has 0 saturated carbocycles. The quantitative estimate of drug-likeness (QED) is 0.0320. The molecule has 0 rings (SSSR count). The molecule has 0 aromatic heterocycles. The van der Waals surface area contributed by atoms with Crippen molar-refractivity contribution in [3.05, 3.63) is 24.3 Å². The van der Waals surface area contributed by atoms with Gasteiger partial charge in [0.05, 0.1) is 25.4 Å². The normalized spacial score (nSPS) is 12.6. The van der Waals surface area contributed by atoms with Crippen molar-refractivity contribution >= 4 is 11.9 Å². The van der Waals surface area contributed by atoms with Gasteiger partial charge in [-0.15, -0.1) is 0 Å². The van der Waals surface area contributed by atoms with Crippen molar-refractivity contribution in [3.63, 3.8) is 0 Å². The Hall–Kier alpha value is -1.66. The molecule has 0 aliphatic rings. The second kappa shape index (κ2) is 72.8. The molecule has 492 valence electrons. The van der Waals surface area contributed by atoms with Gasteiger partial charge in [0.2, 0.25) is 5.91 Å². The number of aliphatic hydroxyl groups excluding tert-OH is 2. The summed E-state index contributed by atoms with van der Waals surface area (Å²) in [6.45, 7) is 4.96. The lowest BCUT2D eigenvalue weighted by molar-refractivity contribution is -0.143. The highest BCUT2D eigenvalue weighted by Gasteiger charge is 2.18. The maximum atomic E-state index is 12.5. The van der Waals surface area contributed by atoms with E-state index in [1.54, 1.807) is 6.08 Å². The van der Waals surface area contributed by atoms with E-state index in [1.165, 1.54) is 366 Å². The van der Waals surface area contributed by atoms with E-state index in [1.807, 2.05) is 6.08 Å². The Balaban J connectivity index is 3.39. The van der Waals surface area contributed by atoms with Crippen molar-refractivity contribution in [1.82, 2.24) is 5.32 Å². The van der Waals surface area contributed by atoms with Crippen molar-refractivity contribution in [2.75, 3.05) is 13.2 Å². The Morgan fingerprint density at radius 1 is 0.325 bits per heavy atom. The first-order valence-corrected chi connectivity index (χ1v) is 38.1. The molecule has 2 unspecified atom stereocenters. The molecule has 0 spiro atoms. The molecule has 0 aliphatic carbocycles. The smallest absolute Gasteiger partial charge is 0.305 e. The summed E-state index contributed by atoms with van der Waals surface area (Å²) < 4.78 is 5.51. The second-order valence-corrected chi connectivity index (χ2v) is 26.3. The van der Waals surface area contributed by atoms with Crippen LogP contribution in [0.4, 0.5) is 0 Å². The van der Waals surface area contributed by atoms with Crippen LogP contribution in [0.5, 0.6) is 0 Å². The van der Waals surface area contributed by atoms with Gasteiger partial charge in [-0.05, 0) is 57.8 Å². The first kappa shape index (κ1) is 81.3. The zero-order valence-corrected chi connectivity index (χ0v) is 56.5. The molecule has 0 saturated heterocycles. The van der Waals surface area contributed by atoms with E-state index in [9.17, 15) is 19.8 Å². The number of amides is 1. The van der Waals surface area contributed by atoms with Crippen molar-refractivity contribution in [3.8, 4) is 0 Å². The Bertz CT molecular complexity index is 1300. The van der Waals surface area contributed by atoms with Crippen LogP contribution >= 0.6 is 0 Å². The summed E-state index contributed by atoms with van der Waals surface area (Å²) in [5.41, 5.74) is 0. The molecule has 0 radical (unpaired) electrons. The molecule has 0 heterocycles. The van der Waals surface area contributed by atoms with E-state index in [0.29, 0.717) is 19.4 Å². The van der Waals surface area contributed by atoms with E-state index in [4.69, 9.17) is 4.74 Å². The third-order valence-corrected chi connectivity index (χ3v) is 18.0. The van der Waals surface area contributed by atoms with Crippen molar-refractivity contribution < 1.29 is 24.5 Å². The van der Waals surface area contributed by atoms with Crippen LogP contribution in [0.25, 0.3) is 0 Å². The van der Waals surface area contributed by atoms with E-state index >= 15 is 0 Å². The number of nitrogens with one attached hydrogen (secondary N) is 1. The number of aliphatic hydroxyl groups is 2. The van der Waals surface area contributed by atoms with E-state index in [0.717, 1.165) is 38.5 Å². The maximum Gasteiger partial charge on any atom is 0.305 e. The van der Waals surface area contributed by atoms with Gasteiger partial charge in [-0.1, -0.05) is 385 Å². The van der Waals surface area contributed by atoms with Crippen LogP contribution in [-0.2, 0) is 14.3 Å². The molecule has 6 nitrogen and oxygen atoms in total. The lowest BCUT2D eigenvalue weighted by atomic mass is 10.0. The number of hydrogen-bond donors (Lipinski definition) is 3. The van der Waals surface area contributed by atoms with Crippen molar-refractivity contribution in [2.45, 2.75) is 443 Å². The second-order valence-electron chi connectivity index (χ2n) is 26.3. The number of hydrogen-bond acceptors (Lipinski definition) is 5. The van der Waals surface area contributed by atoms with Crippen LogP contribution in [0.2, 0.25) is 0 Å². The summed E-state index contributed by atoms with van der Waals surface area (Å²) in [5.74, 6) is -0.0458. The summed E-state index contributed by atoms with van der Waals surface area (Å²) in [6.07, 6.45) is 92.8. The van der Waals surface area contributed by atoms with Gasteiger partial charge in [-0.25, -0.2) is 0 Å². The number of carbonyl (C=O) groups excluding carboxylic acids is 2. The largest absolute Gasteiger partial charge is 0.466 e. The lowest BCUT2D eigenvalue weighted by Crippen LogP contribution is -2.45. The fourth-order valence-corrected chi connectivity index (χ4v) is 12.2. The van der Waals surface area contributed by atoms with Crippen LogP contribution in [0.15, 0.2) is 24.3 Å². The van der Waals surface area contributed by atoms with Gasteiger partial charge in [-0.2, -0.15) is 0 Å². The SMILES string of the molecule is CCCCCCCCCCCCCCCCCCCCCC/C=C/C(O)C(CO)NC(=O)CCCCCCCCCCCC/C=C\CCCCCCCCCCCCCCOC(=O)CCCCCCCCCCCCCCCCCCCC. The predicted molar refractivity (Wildman–Crippen MR) is 366 cm³/mol. The van der Waals surface area contributed by atoms with Gasteiger partial charge in [0.1, 0.15) is 0 Å². The molecule has 3 N–H and O–H groups in total. The zero-order valence-electron chi connectivity index (χ0n) is 56.5. The molecular formula is C77H149NO5. The number of esters is 1. The lowest BCUT2D eigenvalue weighted by Gasteiger charge is -2.20. The summed E-state index contributed by atoms with van der Waals surface area (Å²) in [5, 5.41) is 23.3. The number of carbonyl (C=O) groups is 2. The van der Waals surface area contributed by atoms with Crippen molar-refractivity contribution in [1.29, 1.82) is 0 Å². The number of ether oxygens (including phenoxy) is 1. The van der Waals surface area contributed by atoms with Crippen LogP contribution in [-0.4, -0.2) is 47.4 Å². The molecule has 6 heteroatoms. The van der Waals surface area contributed by atoms with Gasteiger partial charge < -0.3 is 20.3 Å². The standard InChI is InChI=1S/C77H149NO5/c1-3-5-7-9-11-13-15-17-19-21-23-24-31-34-37-41-45-49-53-57-61-65-69-75(80)74(73-79)78-76(81)70-66-62-58-54-50-46-42-38-35-32-29-27-25-26-28-30-33-36-40-44-48-52-56-60-64-68-72-83-77(82)71-67-63-59-55-51-47-43-39-22-20-18-16-14-12-10-8-6-4-2/h25,27,65,69,74-75,79-80H,3-24,26,28-64,66-68,70-73H2,1-2H3,(H,78,81)/b27-25-,69-65+. The molecule has 0 aromatic rings. The molecule has 2 atom stereocenters. The molecule has 0 bridgehead atoms. The topological polar surface area (TPSA) is 95.9 Å². The Labute approximate surface area is 520 Å². The first-order valence-electron chi connectivity index (χ1n) is 38.1. The molecule has 0 fully saturated rings. The van der Waals surface area contributed by atoms with Crippen molar-refractivity contribution in [2.24, 2.45) is 0 Å². The van der Waals surface area contributed by atoms with Gasteiger partial charge in [0.25, 0.3) is 0 Å². The van der Waals surface area contributed by atoms with E-state index in [-0.39, 0.29) is 18.5 Å². The maximum absolute atomic E-state index is 12.5. The first-order chi connectivity index (χ1) is 41.0. The number of unbranched alkanes of at least 4 members (excludes halogenated alkanes) is 59. The highest BCUT2D eigenvalue weighted by Crippen LogP contribution is 2.19. The highest BCUT2D eigenvalue weighted by atomic mass is 16.5. The highest BCUT2D eigenvalue weighted by molar-refractivity contribution is 5.76. The predicted octanol–water partition coefficient (Wildman–Crippen LogP) is 24.9. The molecule has 0 aliphatic heterocycles. The average Bonchev–Trinajstić information content (AvgIpc) is 3.49. The minimum Gasteiger partial charge on any atom is -0.466 e. The average molecular weight is 1170 g/mol. The monoisotopic (exact) mass is 1170 g/mol. The van der Waals surface area contributed by atoms with Crippen LogP contribution in [0, 0.1) is 0 Å². The van der Waals surface area contributed by atoms with Gasteiger partial charge in [0.15, 0.2) is 0 Å². The van der Waals surface area contributed by atoms with Gasteiger partial charge in [0, 0.05) is 12.8 Å². The number of rotatable bonds is 72. The fraction of sp³-hybridized carbons (Fsp3) is 0.922. The fourth-order valence-electron chi connectivity index (χ4n) is 12.2. The third-order valence-electron chi connectivity index (χ3n) is 18.0.